The molecule has 0 aliphatic heterocycles. The fourth-order valence-electron chi connectivity index (χ4n) is 1.59. The van der Waals surface area contributed by atoms with Crippen LogP contribution in [0.25, 0.3) is 0 Å². The first-order chi connectivity index (χ1) is 7.67. The molecular formula is C11H24N2O3S. The molecule has 0 bridgehead atoms. The predicted molar refractivity (Wildman–Crippen MR) is 69.3 cm³/mol. The molecule has 1 unspecified atom stereocenters. The van der Waals surface area contributed by atoms with E-state index in [1.165, 1.54) is 11.2 Å². The largest absolute Gasteiger partial charge is 0.344 e. The minimum atomic E-state index is -3.03. The monoisotopic (exact) mass is 264 g/mol. The minimum Gasteiger partial charge on any atom is -0.344 e. The van der Waals surface area contributed by atoms with Crippen LogP contribution in [0.3, 0.4) is 0 Å². The summed E-state index contributed by atoms with van der Waals surface area (Å²) in [5, 5.41) is 0. The van der Waals surface area contributed by atoms with Gasteiger partial charge in [0.1, 0.15) is 9.84 Å². The van der Waals surface area contributed by atoms with Crippen LogP contribution in [0.2, 0.25) is 0 Å². The van der Waals surface area contributed by atoms with Gasteiger partial charge >= 0.3 is 0 Å². The molecule has 0 heterocycles. The summed E-state index contributed by atoms with van der Waals surface area (Å²) in [6.45, 7) is 4.60. The topological polar surface area (TPSA) is 80.5 Å². The van der Waals surface area contributed by atoms with Crippen molar-refractivity contribution in [3.8, 4) is 0 Å². The lowest BCUT2D eigenvalue weighted by Crippen LogP contribution is -2.39. The van der Waals surface area contributed by atoms with E-state index in [1.807, 2.05) is 13.8 Å². The Hall–Kier alpha value is -0.620. The van der Waals surface area contributed by atoms with Crippen LogP contribution in [-0.2, 0) is 14.6 Å². The standard InChI is InChI=1S/C11H24N2O3S/c1-9(2)7-10(8-12)11(14)13(3)5-6-17(4,15)16/h9-10H,5-8,12H2,1-4H3. The van der Waals surface area contributed by atoms with Crippen LogP contribution in [-0.4, -0.2) is 51.4 Å². The van der Waals surface area contributed by atoms with Crippen molar-refractivity contribution in [2.45, 2.75) is 20.3 Å². The quantitative estimate of drug-likeness (QED) is 0.708. The van der Waals surface area contributed by atoms with Crippen molar-refractivity contribution in [2.24, 2.45) is 17.6 Å². The summed E-state index contributed by atoms with van der Waals surface area (Å²) in [5.74, 6) is 0.119. The molecule has 0 fully saturated rings. The molecule has 0 radical (unpaired) electrons. The lowest BCUT2D eigenvalue weighted by molar-refractivity contribution is -0.134. The average molecular weight is 264 g/mol. The van der Waals surface area contributed by atoms with E-state index in [0.717, 1.165) is 6.42 Å². The highest BCUT2D eigenvalue weighted by Gasteiger charge is 2.22. The average Bonchev–Trinajstić information content (AvgIpc) is 2.20. The number of amides is 1. The summed E-state index contributed by atoms with van der Waals surface area (Å²) in [4.78, 5) is 13.4. The second-order valence-electron chi connectivity index (χ2n) is 4.95. The van der Waals surface area contributed by atoms with Gasteiger partial charge in [0.05, 0.1) is 11.7 Å². The maximum absolute atomic E-state index is 12.0. The van der Waals surface area contributed by atoms with Crippen molar-refractivity contribution in [1.29, 1.82) is 0 Å². The van der Waals surface area contributed by atoms with E-state index in [-0.39, 0.29) is 24.1 Å². The van der Waals surface area contributed by atoms with Gasteiger partial charge in [0.15, 0.2) is 0 Å². The number of nitrogens with zero attached hydrogens (tertiary/aromatic N) is 1. The van der Waals surface area contributed by atoms with Crippen LogP contribution in [0, 0.1) is 11.8 Å². The molecule has 1 atom stereocenters. The Morgan fingerprint density at radius 3 is 2.24 bits per heavy atom. The van der Waals surface area contributed by atoms with Crippen LogP contribution in [0.5, 0.6) is 0 Å². The highest BCUT2D eigenvalue weighted by atomic mass is 32.2. The highest BCUT2D eigenvalue weighted by Crippen LogP contribution is 2.13. The molecule has 5 nitrogen and oxygen atoms in total. The van der Waals surface area contributed by atoms with Crippen LogP contribution >= 0.6 is 0 Å². The first-order valence-electron chi connectivity index (χ1n) is 5.80. The molecule has 6 heteroatoms. The number of sulfone groups is 1. The first kappa shape index (κ1) is 16.4. The Morgan fingerprint density at radius 2 is 1.88 bits per heavy atom. The fraction of sp³-hybridized carbons (Fsp3) is 0.909. The van der Waals surface area contributed by atoms with Crippen molar-refractivity contribution in [3.63, 3.8) is 0 Å². The molecule has 0 rings (SSSR count). The molecule has 0 aromatic heterocycles. The van der Waals surface area contributed by atoms with E-state index in [9.17, 15) is 13.2 Å². The number of hydrogen-bond acceptors (Lipinski definition) is 4. The number of rotatable bonds is 7. The van der Waals surface area contributed by atoms with E-state index in [0.29, 0.717) is 12.5 Å². The van der Waals surface area contributed by atoms with E-state index >= 15 is 0 Å². The summed E-state index contributed by atoms with van der Waals surface area (Å²) >= 11 is 0. The zero-order chi connectivity index (χ0) is 13.6. The summed E-state index contributed by atoms with van der Waals surface area (Å²) < 4.78 is 22.0. The van der Waals surface area contributed by atoms with Crippen molar-refractivity contribution in [3.05, 3.63) is 0 Å². The zero-order valence-corrected chi connectivity index (χ0v) is 12.0. The lowest BCUT2D eigenvalue weighted by Gasteiger charge is -2.23. The smallest absolute Gasteiger partial charge is 0.226 e. The van der Waals surface area contributed by atoms with Gasteiger partial charge in [-0.3, -0.25) is 4.79 Å². The molecule has 17 heavy (non-hydrogen) atoms. The molecule has 0 aliphatic carbocycles. The summed E-state index contributed by atoms with van der Waals surface area (Å²) in [7, 11) is -1.41. The third-order valence-corrected chi connectivity index (χ3v) is 3.49. The third-order valence-electron chi connectivity index (χ3n) is 2.56. The van der Waals surface area contributed by atoms with Gasteiger partial charge in [0.2, 0.25) is 5.91 Å². The highest BCUT2D eigenvalue weighted by molar-refractivity contribution is 7.90. The molecule has 0 aromatic carbocycles. The van der Waals surface area contributed by atoms with Crippen LogP contribution in [0.1, 0.15) is 20.3 Å². The van der Waals surface area contributed by atoms with E-state index < -0.39 is 9.84 Å². The van der Waals surface area contributed by atoms with Crippen LogP contribution in [0.15, 0.2) is 0 Å². The van der Waals surface area contributed by atoms with Crippen molar-refractivity contribution in [2.75, 3.05) is 32.1 Å². The Bertz CT molecular complexity index is 339. The lowest BCUT2D eigenvalue weighted by atomic mass is 9.96. The summed E-state index contributed by atoms with van der Waals surface area (Å²) in [6.07, 6.45) is 1.90. The number of hydrogen-bond donors (Lipinski definition) is 1. The fourth-order valence-corrected chi connectivity index (χ4v) is 2.20. The predicted octanol–water partition coefficient (Wildman–Crippen LogP) is 0.110. The zero-order valence-electron chi connectivity index (χ0n) is 11.1. The van der Waals surface area contributed by atoms with Gasteiger partial charge < -0.3 is 10.6 Å². The first-order valence-corrected chi connectivity index (χ1v) is 7.86. The molecule has 0 aliphatic rings. The van der Waals surface area contributed by atoms with Crippen LogP contribution in [0.4, 0.5) is 0 Å². The van der Waals surface area contributed by atoms with Crippen molar-refractivity contribution in [1.82, 2.24) is 4.90 Å². The van der Waals surface area contributed by atoms with Gasteiger partial charge in [-0.15, -0.1) is 0 Å². The second-order valence-corrected chi connectivity index (χ2v) is 7.21. The Morgan fingerprint density at radius 1 is 1.35 bits per heavy atom. The number of carbonyl (C=O) groups excluding carboxylic acids is 1. The van der Waals surface area contributed by atoms with Gasteiger partial charge in [-0.25, -0.2) is 8.42 Å². The molecule has 0 spiro atoms. The van der Waals surface area contributed by atoms with Crippen molar-refractivity contribution >= 4 is 15.7 Å². The maximum atomic E-state index is 12.0. The number of nitrogens with two attached hydrogens (primary N) is 1. The SMILES string of the molecule is CC(C)CC(CN)C(=O)N(C)CCS(C)(=O)=O. The van der Waals surface area contributed by atoms with Gasteiger partial charge in [0, 0.05) is 26.4 Å². The summed E-state index contributed by atoms with van der Waals surface area (Å²) in [6, 6.07) is 0. The van der Waals surface area contributed by atoms with Gasteiger partial charge in [-0.1, -0.05) is 13.8 Å². The Kier molecular flexibility index (Phi) is 6.70. The maximum Gasteiger partial charge on any atom is 0.226 e. The molecule has 2 N–H and O–H groups in total. The molecule has 0 saturated heterocycles. The van der Waals surface area contributed by atoms with Gasteiger partial charge in [-0.2, -0.15) is 0 Å². The minimum absolute atomic E-state index is 0.00574. The molecule has 0 aromatic rings. The third kappa shape index (κ3) is 7.33. The summed E-state index contributed by atoms with van der Waals surface area (Å²) in [5.41, 5.74) is 5.58. The normalized spacial score (nSPS) is 13.8. The van der Waals surface area contributed by atoms with E-state index in [4.69, 9.17) is 5.73 Å². The Labute approximate surface area is 104 Å². The van der Waals surface area contributed by atoms with Gasteiger partial charge in [-0.05, 0) is 12.3 Å². The van der Waals surface area contributed by atoms with Gasteiger partial charge in [0.25, 0.3) is 0 Å². The van der Waals surface area contributed by atoms with E-state index in [2.05, 4.69) is 0 Å². The Balaban J connectivity index is 4.36. The van der Waals surface area contributed by atoms with Crippen LogP contribution < -0.4 is 5.73 Å². The molecule has 1 amide bonds. The molecular weight excluding hydrogens is 240 g/mol. The number of carbonyl (C=O) groups is 1. The molecule has 102 valence electrons. The van der Waals surface area contributed by atoms with Crippen molar-refractivity contribution < 1.29 is 13.2 Å². The molecule has 0 saturated carbocycles. The second kappa shape index (κ2) is 6.96. The van der Waals surface area contributed by atoms with E-state index in [1.54, 1.807) is 7.05 Å².